The number of hydrogen-bond donors (Lipinski definition) is 0. The summed E-state index contributed by atoms with van der Waals surface area (Å²) in [7, 11) is 3.56. The second-order valence-electron chi connectivity index (χ2n) is 8.08. The third-order valence-electron chi connectivity index (χ3n) is 6.18. The fraction of sp³-hybridized carbons (Fsp3) is 0.636. The lowest BCUT2D eigenvalue weighted by Gasteiger charge is -2.43. The Morgan fingerprint density at radius 3 is 2.21 bits per heavy atom. The van der Waals surface area contributed by atoms with Gasteiger partial charge in [0, 0.05) is 11.5 Å². The summed E-state index contributed by atoms with van der Waals surface area (Å²) in [6, 6.07) is 0. The van der Waals surface area contributed by atoms with Crippen molar-refractivity contribution in [1.82, 2.24) is 0 Å². The van der Waals surface area contributed by atoms with Crippen LogP contribution in [0.4, 0.5) is 0 Å². The summed E-state index contributed by atoms with van der Waals surface area (Å²) in [5.41, 5.74) is 7.22. The maximum Gasteiger partial charge on any atom is 0.164 e. The molecule has 0 amide bonds. The Morgan fingerprint density at radius 2 is 1.62 bits per heavy atom. The molecular weight excluding hydrogens is 296 g/mol. The Hall–Kier alpha value is -1.44. The molecule has 132 valence electrons. The van der Waals surface area contributed by atoms with E-state index >= 15 is 0 Å². The molecule has 24 heavy (non-hydrogen) atoms. The minimum absolute atomic E-state index is 0.500. The molecule has 1 aromatic carbocycles. The van der Waals surface area contributed by atoms with Gasteiger partial charge in [0.1, 0.15) is 0 Å². The molecule has 0 N–H and O–H groups in total. The van der Waals surface area contributed by atoms with Gasteiger partial charge in [-0.2, -0.15) is 0 Å². The Labute approximate surface area is 147 Å². The summed E-state index contributed by atoms with van der Waals surface area (Å²) in [6.07, 6.45) is 6.25. The number of hydrogen-bond acceptors (Lipinski definition) is 2. The van der Waals surface area contributed by atoms with E-state index in [2.05, 4.69) is 40.7 Å². The first-order chi connectivity index (χ1) is 11.4. The minimum Gasteiger partial charge on any atom is -0.493 e. The molecule has 2 aliphatic rings. The molecule has 0 aliphatic heterocycles. The molecule has 0 saturated heterocycles. The van der Waals surface area contributed by atoms with E-state index in [9.17, 15) is 0 Å². The summed E-state index contributed by atoms with van der Waals surface area (Å²) in [5.74, 6) is 4.36. The average Bonchev–Trinajstić information content (AvgIpc) is 2.52. The summed E-state index contributed by atoms with van der Waals surface area (Å²) in [6.45, 7) is 11.4. The second kappa shape index (κ2) is 6.46. The van der Waals surface area contributed by atoms with Crippen molar-refractivity contribution in [2.45, 2.75) is 71.6 Å². The van der Waals surface area contributed by atoms with Gasteiger partial charge in [0.2, 0.25) is 0 Å². The fourth-order valence-electron chi connectivity index (χ4n) is 5.22. The molecule has 0 unspecified atom stereocenters. The summed E-state index contributed by atoms with van der Waals surface area (Å²) >= 11 is 0. The fourth-order valence-corrected chi connectivity index (χ4v) is 5.22. The maximum absolute atomic E-state index is 5.87. The van der Waals surface area contributed by atoms with Crippen molar-refractivity contribution in [3.63, 3.8) is 0 Å². The Morgan fingerprint density at radius 1 is 0.958 bits per heavy atom. The topological polar surface area (TPSA) is 18.5 Å². The van der Waals surface area contributed by atoms with E-state index in [0.29, 0.717) is 17.8 Å². The van der Waals surface area contributed by atoms with E-state index in [0.717, 1.165) is 17.4 Å². The van der Waals surface area contributed by atoms with Gasteiger partial charge in [-0.05, 0) is 74.5 Å². The van der Waals surface area contributed by atoms with E-state index in [1.807, 2.05) is 0 Å². The van der Waals surface area contributed by atoms with Crippen LogP contribution in [0.5, 0.6) is 11.5 Å². The van der Waals surface area contributed by atoms with E-state index in [-0.39, 0.29) is 0 Å². The zero-order valence-electron chi connectivity index (χ0n) is 16.3. The van der Waals surface area contributed by atoms with Crippen LogP contribution in [0.25, 0.3) is 0 Å². The zero-order chi connectivity index (χ0) is 17.6. The van der Waals surface area contributed by atoms with Crippen molar-refractivity contribution in [3.8, 4) is 11.5 Å². The maximum atomic E-state index is 5.87. The molecule has 0 heterocycles. The molecule has 0 fully saturated rings. The first-order valence-corrected chi connectivity index (χ1v) is 9.33. The molecule has 0 aromatic heterocycles. The van der Waals surface area contributed by atoms with Crippen molar-refractivity contribution in [3.05, 3.63) is 33.9 Å². The van der Waals surface area contributed by atoms with Gasteiger partial charge >= 0.3 is 0 Å². The van der Waals surface area contributed by atoms with Gasteiger partial charge in [-0.3, -0.25) is 0 Å². The smallest absolute Gasteiger partial charge is 0.164 e. The van der Waals surface area contributed by atoms with Crippen LogP contribution >= 0.6 is 0 Å². The predicted octanol–water partition coefficient (Wildman–Crippen LogP) is 6.08. The van der Waals surface area contributed by atoms with E-state index in [1.54, 1.807) is 19.8 Å². The highest BCUT2D eigenvalue weighted by atomic mass is 16.5. The monoisotopic (exact) mass is 328 g/mol. The summed E-state index contributed by atoms with van der Waals surface area (Å²) in [4.78, 5) is 0. The normalized spacial score (nSPS) is 28.1. The van der Waals surface area contributed by atoms with Gasteiger partial charge in [0.15, 0.2) is 11.5 Å². The molecule has 0 spiro atoms. The van der Waals surface area contributed by atoms with Crippen LogP contribution in [0.3, 0.4) is 0 Å². The zero-order valence-corrected chi connectivity index (χ0v) is 16.3. The van der Waals surface area contributed by atoms with Crippen LogP contribution in [0, 0.1) is 12.8 Å². The van der Waals surface area contributed by atoms with E-state index < -0.39 is 0 Å². The van der Waals surface area contributed by atoms with Crippen molar-refractivity contribution < 1.29 is 9.47 Å². The Bertz CT molecular complexity index is 667. The molecule has 0 saturated carbocycles. The lowest BCUT2D eigenvalue weighted by atomic mass is 9.62. The minimum atomic E-state index is 0.500. The highest BCUT2D eigenvalue weighted by molar-refractivity contribution is 5.64. The second-order valence-corrected chi connectivity index (χ2v) is 8.08. The van der Waals surface area contributed by atoms with Gasteiger partial charge < -0.3 is 9.47 Å². The summed E-state index contributed by atoms with van der Waals surface area (Å²) < 4.78 is 11.7. The number of ether oxygens (including phenoxy) is 2. The third-order valence-corrected chi connectivity index (χ3v) is 6.18. The molecule has 0 radical (unpaired) electrons. The molecule has 3 rings (SSSR count). The van der Waals surface area contributed by atoms with Gasteiger partial charge in [-0.15, -0.1) is 0 Å². The standard InChI is InChI=1S/C22H32O2/c1-12(2)10-16-11-14(4)17-9-8-13(3)18-20(17)19(16)15(5)21(23-6)22(18)24-7/h10,13-14,16-17H,8-9,11H2,1-7H3/t13-,14+,16+,17-/m1/s1. The number of benzene rings is 1. The number of rotatable bonds is 3. The lowest BCUT2D eigenvalue weighted by molar-refractivity contribution is 0.308. The van der Waals surface area contributed by atoms with Crippen LogP contribution in [0.1, 0.15) is 87.0 Å². The van der Waals surface area contributed by atoms with Crippen LogP contribution in [0.2, 0.25) is 0 Å². The van der Waals surface area contributed by atoms with Crippen LogP contribution in [-0.2, 0) is 0 Å². The average molecular weight is 328 g/mol. The Kier molecular flexibility index (Phi) is 4.68. The van der Waals surface area contributed by atoms with Crippen molar-refractivity contribution in [1.29, 1.82) is 0 Å². The van der Waals surface area contributed by atoms with Gasteiger partial charge in [-0.1, -0.05) is 25.5 Å². The van der Waals surface area contributed by atoms with Gasteiger partial charge in [-0.25, -0.2) is 0 Å². The number of allylic oxidation sites excluding steroid dienone is 2. The van der Waals surface area contributed by atoms with Crippen LogP contribution in [-0.4, -0.2) is 14.2 Å². The Balaban J connectivity index is 2.37. The SMILES string of the molecule is COc1c(C)c2c3c(c1OC)[C@H](C)CC[C@@H]3[C@@H](C)C[C@@H]2C=C(C)C. The van der Waals surface area contributed by atoms with Crippen molar-refractivity contribution in [2.24, 2.45) is 5.92 Å². The van der Waals surface area contributed by atoms with Crippen molar-refractivity contribution >= 4 is 0 Å². The lowest BCUT2D eigenvalue weighted by Crippen LogP contribution is -2.28. The first-order valence-electron chi connectivity index (χ1n) is 9.33. The largest absolute Gasteiger partial charge is 0.493 e. The molecule has 2 aliphatic carbocycles. The van der Waals surface area contributed by atoms with E-state index in [4.69, 9.17) is 9.47 Å². The van der Waals surface area contributed by atoms with Crippen LogP contribution < -0.4 is 9.47 Å². The molecule has 2 nitrogen and oxygen atoms in total. The van der Waals surface area contributed by atoms with Crippen LogP contribution in [0.15, 0.2) is 11.6 Å². The molecule has 4 atom stereocenters. The summed E-state index contributed by atoms with van der Waals surface area (Å²) in [5, 5.41) is 0. The predicted molar refractivity (Wildman–Crippen MR) is 101 cm³/mol. The molecular formula is C22H32O2. The molecule has 2 heteroatoms. The van der Waals surface area contributed by atoms with Gasteiger partial charge in [0.25, 0.3) is 0 Å². The number of methoxy groups -OCH3 is 2. The van der Waals surface area contributed by atoms with E-state index in [1.165, 1.54) is 41.5 Å². The first kappa shape index (κ1) is 17.4. The highest BCUT2D eigenvalue weighted by Gasteiger charge is 2.41. The quantitative estimate of drug-likeness (QED) is 0.626. The van der Waals surface area contributed by atoms with Crippen molar-refractivity contribution in [2.75, 3.05) is 14.2 Å². The third kappa shape index (κ3) is 2.55. The van der Waals surface area contributed by atoms with Gasteiger partial charge in [0.05, 0.1) is 14.2 Å². The highest BCUT2D eigenvalue weighted by Crippen LogP contribution is 2.58. The molecule has 1 aromatic rings. The molecule has 0 bridgehead atoms.